The number of rotatable bonds is 6. The second-order valence-electron chi connectivity index (χ2n) is 5.48. The minimum absolute atomic E-state index is 0.0705. The molecule has 1 amide bonds. The summed E-state index contributed by atoms with van der Waals surface area (Å²) in [5.74, 6) is -0.969. The summed E-state index contributed by atoms with van der Waals surface area (Å²) in [6.07, 6.45) is 1.38. The summed E-state index contributed by atoms with van der Waals surface area (Å²) in [5, 5.41) is 4.88. The maximum Gasteiger partial charge on any atom is 0.374 e. The van der Waals surface area contributed by atoms with E-state index in [0.29, 0.717) is 0 Å². The van der Waals surface area contributed by atoms with E-state index in [9.17, 15) is 9.59 Å². The molecule has 1 atom stereocenters. The Hall–Kier alpha value is -2.86. The number of ether oxygens (including phenoxy) is 1. The van der Waals surface area contributed by atoms with Gasteiger partial charge in [0.1, 0.15) is 0 Å². The lowest BCUT2D eigenvalue weighted by Crippen LogP contribution is -2.32. The zero-order chi connectivity index (χ0) is 17.6. The fraction of sp³-hybridized carbons (Fsp3) is 0.158. The molecule has 128 valence electrons. The van der Waals surface area contributed by atoms with Crippen LogP contribution in [-0.4, -0.2) is 18.5 Å². The summed E-state index contributed by atoms with van der Waals surface area (Å²) in [4.78, 5) is 25.0. The molecule has 0 saturated carbocycles. The standard InChI is InChI=1S/C19H17NO4S/c1-13-6-8-14(9-7-13)18(16-5-3-11-25-16)20-17(21)12-24-19(22)15-4-2-10-23-15/h2-11,18H,12H2,1H3,(H,20,21)/t18-/m1/s1. The van der Waals surface area contributed by atoms with Gasteiger partial charge in [-0.25, -0.2) is 4.79 Å². The van der Waals surface area contributed by atoms with Crippen LogP contribution in [0.2, 0.25) is 0 Å². The summed E-state index contributed by atoms with van der Waals surface area (Å²) < 4.78 is 9.92. The Morgan fingerprint density at radius 1 is 1.16 bits per heavy atom. The number of carbonyl (C=O) groups is 2. The third kappa shape index (κ3) is 4.36. The molecule has 1 N–H and O–H groups in total. The molecular weight excluding hydrogens is 338 g/mol. The first-order chi connectivity index (χ1) is 12.1. The van der Waals surface area contributed by atoms with Crippen molar-refractivity contribution < 1.29 is 18.7 Å². The van der Waals surface area contributed by atoms with Crippen LogP contribution in [0.1, 0.15) is 32.6 Å². The largest absolute Gasteiger partial charge is 0.457 e. The highest BCUT2D eigenvalue weighted by Crippen LogP contribution is 2.26. The van der Waals surface area contributed by atoms with Crippen LogP contribution in [0, 0.1) is 6.92 Å². The molecule has 5 nitrogen and oxygen atoms in total. The topological polar surface area (TPSA) is 68.5 Å². The second kappa shape index (κ2) is 7.81. The zero-order valence-corrected chi connectivity index (χ0v) is 14.4. The number of furan rings is 1. The first kappa shape index (κ1) is 17.0. The van der Waals surface area contributed by atoms with Crippen molar-refractivity contribution in [3.05, 3.63) is 81.9 Å². The average Bonchev–Trinajstić information content (AvgIpc) is 3.31. The summed E-state index contributed by atoms with van der Waals surface area (Å²) in [5.41, 5.74) is 2.12. The Labute approximate surface area is 149 Å². The average molecular weight is 355 g/mol. The molecule has 0 saturated heterocycles. The van der Waals surface area contributed by atoms with Crippen LogP contribution in [0.3, 0.4) is 0 Å². The molecule has 2 heterocycles. The summed E-state index contributed by atoms with van der Waals surface area (Å²) >= 11 is 1.56. The first-order valence-corrected chi connectivity index (χ1v) is 8.61. The Balaban J connectivity index is 1.67. The molecule has 0 aliphatic rings. The number of benzene rings is 1. The molecule has 1 aromatic carbocycles. The Kier molecular flexibility index (Phi) is 5.30. The predicted molar refractivity (Wildman–Crippen MR) is 94.5 cm³/mol. The highest BCUT2D eigenvalue weighted by Gasteiger charge is 2.19. The lowest BCUT2D eigenvalue weighted by Gasteiger charge is -2.18. The highest BCUT2D eigenvalue weighted by molar-refractivity contribution is 7.10. The van der Waals surface area contributed by atoms with E-state index in [4.69, 9.17) is 9.15 Å². The number of amides is 1. The number of carbonyl (C=O) groups excluding carboxylic acids is 2. The van der Waals surface area contributed by atoms with Crippen molar-refractivity contribution in [3.8, 4) is 0 Å². The molecule has 0 bridgehead atoms. The lowest BCUT2D eigenvalue weighted by molar-refractivity contribution is -0.124. The zero-order valence-electron chi connectivity index (χ0n) is 13.6. The van der Waals surface area contributed by atoms with Gasteiger partial charge in [-0.15, -0.1) is 11.3 Å². The molecule has 25 heavy (non-hydrogen) atoms. The second-order valence-corrected chi connectivity index (χ2v) is 6.46. The van der Waals surface area contributed by atoms with Gasteiger partial charge in [-0.2, -0.15) is 0 Å². The maximum atomic E-state index is 12.2. The monoisotopic (exact) mass is 355 g/mol. The third-order valence-electron chi connectivity index (χ3n) is 3.60. The Morgan fingerprint density at radius 3 is 2.60 bits per heavy atom. The van der Waals surface area contributed by atoms with Crippen molar-refractivity contribution in [3.63, 3.8) is 0 Å². The van der Waals surface area contributed by atoms with Gasteiger partial charge in [0.25, 0.3) is 5.91 Å². The van der Waals surface area contributed by atoms with E-state index in [-0.39, 0.29) is 24.3 Å². The summed E-state index contributed by atoms with van der Waals surface area (Å²) in [6.45, 7) is 1.64. The molecule has 0 fully saturated rings. The maximum absolute atomic E-state index is 12.2. The first-order valence-electron chi connectivity index (χ1n) is 7.73. The SMILES string of the molecule is Cc1ccc([C@@H](NC(=O)COC(=O)c2ccco2)c2cccs2)cc1. The van der Waals surface area contributed by atoms with E-state index < -0.39 is 5.97 Å². The van der Waals surface area contributed by atoms with Crippen LogP contribution >= 0.6 is 11.3 Å². The minimum Gasteiger partial charge on any atom is -0.457 e. The lowest BCUT2D eigenvalue weighted by atomic mass is 10.0. The van der Waals surface area contributed by atoms with Crippen LogP contribution in [0.15, 0.2) is 64.6 Å². The fourth-order valence-corrected chi connectivity index (χ4v) is 3.14. The fourth-order valence-electron chi connectivity index (χ4n) is 2.33. The molecule has 6 heteroatoms. The smallest absolute Gasteiger partial charge is 0.374 e. The molecular formula is C19H17NO4S. The summed E-state index contributed by atoms with van der Waals surface area (Å²) in [6, 6.07) is 14.6. The Morgan fingerprint density at radius 2 is 1.96 bits per heavy atom. The number of aryl methyl sites for hydroxylation is 1. The van der Waals surface area contributed by atoms with Crippen LogP contribution in [-0.2, 0) is 9.53 Å². The number of hydrogen-bond donors (Lipinski definition) is 1. The molecule has 0 radical (unpaired) electrons. The van der Waals surface area contributed by atoms with Crippen LogP contribution in [0.4, 0.5) is 0 Å². The van der Waals surface area contributed by atoms with Gasteiger partial charge in [-0.3, -0.25) is 4.79 Å². The molecule has 0 aliphatic heterocycles. The highest BCUT2D eigenvalue weighted by atomic mass is 32.1. The molecule has 2 aromatic heterocycles. The van der Waals surface area contributed by atoms with Crippen molar-refractivity contribution in [1.82, 2.24) is 5.32 Å². The van der Waals surface area contributed by atoms with Gasteiger partial charge >= 0.3 is 5.97 Å². The van der Waals surface area contributed by atoms with Gasteiger partial charge in [0.05, 0.1) is 12.3 Å². The molecule has 0 spiro atoms. The number of thiophene rings is 1. The van der Waals surface area contributed by atoms with Crippen molar-refractivity contribution >= 4 is 23.2 Å². The van der Waals surface area contributed by atoms with E-state index >= 15 is 0 Å². The van der Waals surface area contributed by atoms with E-state index in [1.165, 1.54) is 12.3 Å². The van der Waals surface area contributed by atoms with Crippen molar-refractivity contribution in [1.29, 1.82) is 0 Å². The van der Waals surface area contributed by atoms with Crippen molar-refractivity contribution in [2.45, 2.75) is 13.0 Å². The van der Waals surface area contributed by atoms with Gasteiger partial charge in [0.2, 0.25) is 5.76 Å². The van der Waals surface area contributed by atoms with Crippen LogP contribution < -0.4 is 5.32 Å². The van der Waals surface area contributed by atoms with Gasteiger partial charge < -0.3 is 14.5 Å². The van der Waals surface area contributed by atoms with Crippen molar-refractivity contribution in [2.75, 3.05) is 6.61 Å². The van der Waals surface area contributed by atoms with Crippen LogP contribution in [0.5, 0.6) is 0 Å². The van der Waals surface area contributed by atoms with Gasteiger partial charge in [0, 0.05) is 4.88 Å². The van der Waals surface area contributed by atoms with Crippen molar-refractivity contribution in [2.24, 2.45) is 0 Å². The van der Waals surface area contributed by atoms with E-state index in [1.54, 1.807) is 17.4 Å². The molecule has 0 aliphatic carbocycles. The molecule has 0 unspecified atom stereocenters. The van der Waals surface area contributed by atoms with Gasteiger partial charge in [-0.1, -0.05) is 35.9 Å². The van der Waals surface area contributed by atoms with E-state index in [1.807, 2.05) is 48.7 Å². The van der Waals surface area contributed by atoms with Gasteiger partial charge in [0.15, 0.2) is 6.61 Å². The summed E-state index contributed by atoms with van der Waals surface area (Å²) in [7, 11) is 0. The third-order valence-corrected chi connectivity index (χ3v) is 4.54. The van der Waals surface area contributed by atoms with Crippen LogP contribution in [0.25, 0.3) is 0 Å². The number of hydrogen-bond acceptors (Lipinski definition) is 5. The van der Waals surface area contributed by atoms with E-state index in [2.05, 4.69) is 5.32 Å². The predicted octanol–water partition coefficient (Wildman–Crippen LogP) is 3.71. The van der Waals surface area contributed by atoms with Gasteiger partial charge in [-0.05, 0) is 36.1 Å². The quantitative estimate of drug-likeness (QED) is 0.685. The minimum atomic E-state index is -0.664. The molecule has 3 rings (SSSR count). The van der Waals surface area contributed by atoms with E-state index in [0.717, 1.165) is 16.0 Å². The Bertz CT molecular complexity index is 823. The number of esters is 1. The molecule has 3 aromatic rings. The number of nitrogens with one attached hydrogen (secondary N) is 1. The normalized spacial score (nSPS) is 11.7.